The van der Waals surface area contributed by atoms with Gasteiger partial charge in [0.25, 0.3) is 5.91 Å². The van der Waals surface area contributed by atoms with E-state index in [-0.39, 0.29) is 17.7 Å². The number of nitrogens with zero attached hydrogens (tertiary/aromatic N) is 1. The number of Topliss-reactive ketones (excluding diaryl/α,β-unsaturated/α-hetero) is 1. The van der Waals surface area contributed by atoms with Crippen molar-refractivity contribution in [3.8, 4) is 5.75 Å². The summed E-state index contributed by atoms with van der Waals surface area (Å²) in [5, 5.41) is 2.80. The highest BCUT2D eigenvalue weighted by molar-refractivity contribution is 6.11. The van der Waals surface area contributed by atoms with Crippen molar-refractivity contribution in [1.29, 1.82) is 0 Å². The topological polar surface area (TPSA) is 75.7 Å². The molecule has 0 aromatic heterocycles. The molecule has 0 radical (unpaired) electrons. The van der Waals surface area contributed by atoms with Crippen molar-refractivity contribution in [2.75, 3.05) is 13.7 Å². The fourth-order valence-corrected chi connectivity index (χ4v) is 3.68. The number of imide groups is 1. The van der Waals surface area contributed by atoms with E-state index in [0.717, 1.165) is 10.5 Å². The van der Waals surface area contributed by atoms with Crippen LogP contribution < -0.4 is 10.1 Å². The van der Waals surface area contributed by atoms with Crippen LogP contribution in [0.25, 0.3) is 0 Å². The molecule has 1 saturated heterocycles. The maximum atomic E-state index is 13.2. The molecule has 6 heteroatoms. The van der Waals surface area contributed by atoms with Gasteiger partial charge in [-0.15, -0.1) is 0 Å². The van der Waals surface area contributed by atoms with E-state index in [2.05, 4.69) is 26.1 Å². The number of methoxy groups -OCH3 is 1. The number of hydrogen-bond acceptors (Lipinski definition) is 4. The van der Waals surface area contributed by atoms with Crippen molar-refractivity contribution in [2.45, 2.75) is 45.1 Å². The van der Waals surface area contributed by atoms with Crippen LogP contribution >= 0.6 is 0 Å². The SMILES string of the molecule is CC[C@@]1(c2ccc(OC)cc2)NC(=O)N(CC(=O)c2ccc(C(C)(C)C)cc2)C1=O. The van der Waals surface area contributed by atoms with E-state index in [4.69, 9.17) is 4.74 Å². The van der Waals surface area contributed by atoms with Crippen LogP contribution in [0, 0.1) is 0 Å². The van der Waals surface area contributed by atoms with Gasteiger partial charge in [-0.2, -0.15) is 0 Å². The van der Waals surface area contributed by atoms with E-state index in [9.17, 15) is 14.4 Å². The van der Waals surface area contributed by atoms with Crippen LogP contribution in [0.3, 0.4) is 0 Å². The molecule has 0 spiro atoms. The number of carbonyl (C=O) groups is 3. The molecule has 3 rings (SSSR count). The number of benzene rings is 2. The van der Waals surface area contributed by atoms with Crippen LogP contribution in [0.5, 0.6) is 5.75 Å². The highest BCUT2D eigenvalue weighted by Gasteiger charge is 2.51. The second-order valence-corrected chi connectivity index (χ2v) is 8.56. The molecule has 0 aliphatic carbocycles. The zero-order valence-electron chi connectivity index (χ0n) is 18.1. The normalized spacial score (nSPS) is 19.0. The predicted molar refractivity (Wildman–Crippen MR) is 115 cm³/mol. The fourth-order valence-electron chi connectivity index (χ4n) is 3.68. The molecule has 6 nitrogen and oxygen atoms in total. The Kier molecular flexibility index (Phi) is 5.70. The maximum Gasteiger partial charge on any atom is 0.325 e. The fraction of sp³-hybridized carbons (Fsp3) is 0.375. The molecule has 158 valence electrons. The number of rotatable bonds is 6. The van der Waals surface area contributed by atoms with Gasteiger partial charge in [-0.1, -0.05) is 64.1 Å². The Hall–Kier alpha value is -3.15. The van der Waals surface area contributed by atoms with Crippen LogP contribution in [-0.4, -0.2) is 36.3 Å². The Labute approximate surface area is 177 Å². The summed E-state index contributed by atoms with van der Waals surface area (Å²) in [6.45, 7) is 7.83. The lowest BCUT2D eigenvalue weighted by atomic mass is 9.86. The molecule has 3 amide bonds. The first-order valence-corrected chi connectivity index (χ1v) is 10.0. The molecule has 30 heavy (non-hydrogen) atoms. The molecule has 0 bridgehead atoms. The molecule has 0 unspecified atom stereocenters. The van der Waals surface area contributed by atoms with Gasteiger partial charge in [0.05, 0.1) is 13.7 Å². The molecule has 2 aromatic carbocycles. The number of amides is 3. The molecule has 1 atom stereocenters. The van der Waals surface area contributed by atoms with Gasteiger partial charge in [0.2, 0.25) is 0 Å². The lowest BCUT2D eigenvalue weighted by Gasteiger charge is -2.26. The second kappa shape index (κ2) is 7.94. The lowest BCUT2D eigenvalue weighted by molar-refractivity contribution is -0.131. The van der Waals surface area contributed by atoms with Gasteiger partial charge in [-0.05, 0) is 35.1 Å². The highest BCUT2D eigenvalue weighted by atomic mass is 16.5. The van der Waals surface area contributed by atoms with Gasteiger partial charge >= 0.3 is 6.03 Å². The molecule has 1 heterocycles. The molecule has 2 aromatic rings. The Balaban J connectivity index is 1.82. The minimum absolute atomic E-state index is 0.0223. The van der Waals surface area contributed by atoms with E-state index in [1.807, 2.05) is 19.1 Å². The second-order valence-electron chi connectivity index (χ2n) is 8.56. The first-order valence-electron chi connectivity index (χ1n) is 10.0. The van der Waals surface area contributed by atoms with Crippen molar-refractivity contribution < 1.29 is 19.1 Å². The minimum Gasteiger partial charge on any atom is -0.497 e. The third kappa shape index (κ3) is 3.82. The summed E-state index contributed by atoms with van der Waals surface area (Å²) in [7, 11) is 1.56. The average Bonchev–Trinajstić information content (AvgIpc) is 2.98. The van der Waals surface area contributed by atoms with Crippen LogP contribution in [0.1, 0.15) is 55.6 Å². The zero-order chi connectivity index (χ0) is 22.1. The zero-order valence-corrected chi connectivity index (χ0v) is 18.1. The Morgan fingerprint density at radius 1 is 1.03 bits per heavy atom. The summed E-state index contributed by atoms with van der Waals surface area (Å²) in [6.07, 6.45) is 0.370. The Bertz CT molecular complexity index is 958. The minimum atomic E-state index is -1.18. The van der Waals surface area contributed by atoms with Gasteiger partial charge < -0.3 is 10.1 Å². The number of hydrogen-bond donors (Lipinski definition) is 1. The van der Waals surface area contributed by atoms with Crippen molar-refractivity contribution in [3.63, 3.8) is 0 Å². The number of nitrogens with one attached hydrogen (secondary N) is 1. The van der Waals surface area contributed by atoms with Crippen LogP contribution in [0.4, 0.5) is 4.79 Å². The summed E-state index contributed by atoms with van der Waals surface area (Å²) < 4.78 is 5.17. The molecule has 1 N–H and O–H groups in total. The highest BCUT2D eigenvalue weighted by Crippen LogP contribution is 2.33. The summed E-state index contributed by atoms with van der Waals surface area (Å²) in [6, 6.07) is 13.8. The monoisotopic (exact) mass is 408 g/mol. The smallest absolute Gasteiger partial charge is 0.325 e. The van der Waals surface area contributed by atoms with Crippen molar-refractivity contribution in [1.82, 2.24) is 10.2 Å². The van der Waals surface area contributed by atoms with Crippen molar-refractivity contribution in [2.24, 2.45) is 0 Å². The molecule has 1 aliphatic heterocycles. The number of carbonyl (C=O) groups excluding carboxylic acids is 3. The van der Waals surface area contributed by atoms with Crippen LogP contribution in [-0.2, 0) is 15.7 Å². The van der Waals surface area contributed by atoms with E-state index >= 15 is 0 Å². The van der Waals surface area contributed by atoms with Gasteiger partial charge in [-0.3, -0.25) is 14.5 Å². The molecule has 0 saturated carbocycles. The molecule has 1 aliphatic rings. The number of urea groups is 1. The molecular weight excluding hydrogens is 380 g/mol. The summed E-state index contributed by atoms with van der Waals surface area (Å²) in [5.41, 5.74) is 1.04. The van der Waals surface area contributed by atoms with Crippen LogP contribution in [0.15, 0.2) is 48.5 Å². The van der Waals surface area contributed by atoms with Crippen molar-refractivity contribution in [3.05, 3.63) is 65.2 Å². The molecule has 1 fully saturated rings. The largest absolute Gasteiger partial charge is 0.497 e. The maximum absolute atomic E-state index is 13.2. The van der Waals surface area contributed by atoms with E-state index < -0.39 is 17.5 Å². The van der Waals surface area contributed by atoms with Gasteiger partial charge in [0.1, 0.15) is 11.3 Å². The standard InChI is InChI=1S/C24H28N2O4/c1-6-24(18-11-13-19(30-5)14-12-18)21(28)26(22(29)25-24)15-20(27)16-7-9-17(10-8-16)23(2,3)4/h7-14H,6,15H2,1-5H3,(H,25,29)/t24-/m0/s1. The third-order valence-electron chi connectivity index (χ3n) is 5.66. The summed E-state index contributed by atoms with van der Waals surface area (Å²) in [5.74, 6) is -0.0343. The van der Waals surface area contributed by atoms with Gasteiger partial charge in [0.15, 0.2) is 5.78 Å². The molecular formula is C24H28N2O4. The van der Waals surface area contributed by atoms with Gasteiger partial charge in [0, 0.05) is 5.56 Å². The average molecular weight is 408 g/mol. The lowest BCUT2D eigenvalue weighted by Crippen LogP contribution is -2.43. The Morgan fingerprint density at radius 3 is 2.13 bits per heavy atom. The van der Waals surface area contributed by atoms with Gasteiger partial charge in [-0.25, -0.2) is 4.79 Å². The summed E-state index contributed by atoms with van der Waals surface area (Å²) in [4.78, 5) is 39.6. The number of ketones is 1. The van der Waals surface area contributed by atoms with E-state index in [0.29, 0.717) is 23.3 Å². The Morgan fingerprint density at radius 2 is 1.63 bits per heavy atom. The van der Waals surface area contributed by atoms with Crippen molar-refractivity contribution >= 4 is 17.7 Å². The third-order valence-corrected chi connectivity index (χ3v) is 5.66. The van der Waals surface area contributed by atoms with E-state index in [1.54, 1.807) is 43.5 Å². The summed E-state index contributed by atoms with van der Waals surface area (Å²) >= 11 is 0. The number of ether oxygens (including phenoxy) is 1. The quantitative estimate of drug-likeness (QED) is 0.578. The van der Waals surface area contributed by atoms with E-state index in [1.165, 1.54) is 0 Å². The first-order chi connectivity index (χ1) is 14.1. The predicted octanol–water partition coefficient (Wildman–Crippen LogP) is 4.03. The van der Waals surface area contributed by atoms with Crippen LogP contribution in [0.2, 0.25) is 0 Å². The first kappa shape index (κ1) is 21.6.